The first kappa shape index (κ1) is 15.3. The number of ether oxygens (including phenoxy) is 1. The molecule has 106 valence electrons. The summed E-state index contributed by atoms with van der Waals surface area (Å²) in [6, 6.07) is 4.76. The maximum Gasteiger partial charge on any atom is 0.137 e. The van der Waals surface area contributed by atoms with Gasteiger partial charge in [0.15, 0.2) is 0 Å². The summed E-state index contributed by atoms with van der Waals surface area (Å²) in [6.45, 7) is 3.11. The molecule has 1 N–H and O–H groups in total. The lowest BCUT2D eigenvalue weighted by molar-refractivity contribution is 0.397. The fourth-order valence-electron chi connectivity index (χ4n) is 2.38. The molecule has 1 saturated carbocycles. The SMILES string of the molecule is CCC(CC1CC1)NCc1cc(Br)cc(Br)c1OC. The van der Waals surface area contributed by atoms with E-state index >= 15 is 0 Å². The Balaban J connectivity index is 2.00. The second kappa shape index (κ2) is 7.09. The van der Waals surface area contributed by atoms with Gasteiger partial charge in [0.2, 0.25) is 0 Å². The van der Waals surface area contributed by atoms with Gasteiger partial charge in [-0.3, -0.25) is 0 Å². The zero-order valence-electron chi connectivity index (χ0n) is 11.5. The average Bonchev–Trinajstić information content (AvgIpc) is 3.17. The fraction of sp³-hybridized carbons (Fsp3) is 0.600. The molecule has 0 radical (unpaired) electrons. The van der Waals surface area contributed by atoms with Gasteiger partial charge in [-0.2, -0.15) is 0 Å². The van der Waals surface area contributed by atoms with Gasteiger partial charge < -0.3 is 10.1 Å². The number of benzene rings is 1. The molecule has 2 rings (SSSR count). The Morgan fingerprint density at radius 2 is 2.11 bits per heavy atom. The Hall–Kier alpha value is -0.0600. The van der Waals surface area contributed by atoms with Crippen LogP contribution in [0.3, 0.4) is 0 Å². The van der Waals surface area contributed by atoms with Crippen LogP contribution in [0.1, 0.15) is 38.2 Å². The molecular weight excluding hydrogens is 370 g/mol. The molecule has 1 aromatic carbocycles. The Morgan fingerprint density at radius 1 is 1.37 bits per heavy atom. The van der Waals surface area contributed by atoms with E-state index in [9.17, 15) is 0 Å². The van der Waals surface area contributed by atoms with Crippen molar-refractivity contribution >= 4 is 31.9 Å². The smallest absolute Gasteiger partial charge is 0.137 e. The number of hydrogen-bond acceptors (Lipinski definition) is 2. The van der Waals surface area contributed by atoms with Crippen LogP contribution in [0.4, 0.5) is 0 Å². The molecule has 0 heterocycles. The van der Waals surface area contributed by atoms with E-state index in [2.05, 4.69) is 50.2 Å². The minimum absolute atomic E-state index is 0.620. The van der Waals surface area contributed by atoms with E-state index in [0.29, 0.717) is 6.04 Å². The van der Waals surface area contributed by atoms with Crippen LogP contribution in [-0.2, 0) is 6.54 Å². The quantitative estimate of drug-likeness (QED) is 0.715. The van der Waals surface area contributed by atoms with E-state index in [1.54, 1.807) is 7.11 Å². The van der Waals surface area contributed by atoms with Crippen LogP contribution in [-0.4, -0.2) is 13.2 Å². The number of methoxy groups -OCH3 is 1. The zero-order valence-corrected chi connectivity index (χ0v) is 14.7. The third-order valence-corrected chi connectivity index (χ3v) is 4.73. The summed E-state index contributed by atoms with van der Waals surface area (Å²) in [5, 5.41) is 3.66. The molecule has 1 aliphatic carbocycles. The van der Waals surface area contributed by atoms with E-state index in [0.717, 1.165) is 27.2 Å². The highest BCUT2D eigenvalue weighted by Crippen LogP contribution is 2.35. The molecular formula is C15H21Br2NO. The van der Waals surface area contributed by atoms with Crippen LogP contribution in [0.2, 0.25) is 0 Å². The summed E-state index contributed by atoms with van der Waals surface area (Å²) in [5.41, 5.74) is 1.19. The highest BCUT2D eigenvalue weighted by Gasteiger charge is 2.24. The third-order valence-electron chi connectivity index (χ3n) is 3.68. The molecule has 1 aromatic rings. The topological polar surface area (TPSA) is 21.3 Å². The second-order valence-electron chi connectivity index (χ2n) is 5.25. The minimum Gasteiger partial charge on any atom is -0.495 e. The van der Waals surface area contributed by atoms with Crippen LogP contribution in [0.25, 0.3) is 0 Å². The second-order valence-corrected chi connectivity index (χ2v) is 7.02. The Labute approximate surface area is 132 Å². The van der Waals surface area contributed by atoms with Crippen molar-refractivity contribution in [2.75, 3.05) is 7.11 Å². The molecule has 0 aliphatic heterocycles. The zero-order chi connectivity index (χ0) is 13.8. The first-order valence-corrected chi connectivity index (χ1v) is 8.48. The molecule has 1 aliphatic rings. The number of halogens is 2. The van der Waals surface area contributed by atoms with Crippen molar-refractivity contribution in [1.29, 1.82) is 0 Å². The molecule has 19 heavy (non-hydrogen) atoms. The van der Waals surface area contributed by atoms with Crippen molar-refractivity contribution in [3.63, 3.8) is 0 Å². The van der Waals surface area contributed by atoms with Gasteiger partial charge in [0, 0.05) is 22.6 Å². The highest BCUT2D eigenvalue weighted by molar-refractivity contribution is 9.11. The van der Waals surface area contributed by atoms with Crippen molar-refractivity contribution in [3.05, 3.63) is 26.6 Å². The van der Waals surface area contributed by atoms with Crippen molar-refractivity contribution in [3.8, 4) is 5.75 Å². The number of nitrogens with one attached hydrogen (secondary N) is 1. The average molecular weight is 391 g/mol. The van der Waals surface area contributed by atoms with E-state index in [-0.39, 0.29) is 0 Å². The van der Waals surface area contributed by atoms with E-state index in [1.165, 1.54) is 31.2 Å². The molecule has 2 nitrogen and oxygen atoms in total. The lowest BCUT2D eigenvalue weighted by atomic mass is 10.1. The lowest BCUT2D eigenvalue weighted by Gasteiger charge is -2.18. The molecule has 1 atom stereocenters. The summed E-state index contributed by atoms with van der Waals surface area (Å²) in [6.07, 6.45) is 5.34. The molecule has 0 bridgehead atoms. The number of rotatable bonds is 7. The predicted octanol–water partition coefficient (Wildman–Crippen LogP) is 4.89. The lowest BCUT2D eigenvalue weighted by Crippen LogP contribution is -2.28. The van der Waals surface area contributed by atoms with Gasteiger partial charge in [-0.1, -0.05) is 35.7 Å². The van der Waals surface area contributed by atoms with Crippen molar-refractivity contribution < 1.29 is 4.74 Å². The van der Waals surface area contributed by atoms with E-state index in [4.69, 9.17) is 4.74 Å². The monoisotopic (exact) mass is 389 g/mol. The minimum atomic E-state index is 0.620. The Bertz CT molecular complexity index is 432. The first-order valence-electron chi connectivity index (χ1n) is 6.89. The maximum absolute atomic E-state index is 5.48. The summed E-state index contributed by atoms with van der Waals surface area (Å²) in [5.74, 6) is 1.89. The van der Waals surface area contributed by atoms with Gasteiger partial charge in [0.1, 0.15) is 5.75 Å². The standard InChI is InChI=1S/C15H21Br2NO/c1-3-13(6-10-4-5-10)18-9-11-7-12(16)8-14(17)15(11)19-2/h7-8,10,13,18H,3-6,9H2,1-2H3. The summed E-state index contributed by atoms with van der Waals surface area (Å²) >= 11 is 7.09. The van der Waals surface area contributed by atoms with Crippen molar-refractivity contribution in [1.82, 2.24) is 5.32 Å². The van der Waals surface area contributed by atoms with Gasteiger partial charge >= 0.3 is 0 Å². The first-order chi connectivity index (χ1) is 9.13. The third kappa shape index (κ3) is 4.47. The maximum atomic E-state index is 5.48. The number of hydrogen-bond donors (Lipinski definition) is 1. The molecule has 1 unspecified atom stereocenters. The van der Waals surface area contributed by atoms with Crippen LogP contribution in [0.15, 0.2) is 21.1 Å². The molecule has 0 aromatic heterocycles. The molecule has 0 saturated heterocycles. The van der Waals surface area contributed by atoms with Crippen molar-refractivity contribution in [2.24, 2.45) is 5.92 Å². The summed E-state index contributed by atoms with van der Waals surface area (Å²) in [7, 11) is 1.72. The molecule has 0 amide bonds. The fourth-order valence-corrected chi connectivity index (χ4v) is 3.85. The van der Waals surface area contributed by atoms with Gasteiger partial charge in [-0.25, -0.2) is 0 Å². The molecule has 0 spiro atoms. The summed E-state index contributed by atoms with van der Waals surface area (Å²) < 4.78 is 7.56. The highest BCUT2D eigenvalue weighted by atomic mass is 79.9. The summed E-state index contributed by atoms with van der Waals surface area (Å²) in [4.78, 5) is 0. The van der Waals surface area contributed by atoms with E-state index < -0.39 is 0 Å². The largest absolute Gasteiger partial charge is 0.495 e. The normalized spacial score (nSPS) is 16.4. The van der Waals surface area contributed by atoms with Crippen LogP contribution < -0.4 is 10.1 Å². The van der Waals surface area contributed by atoms with Crippen LogP contribution >= 0.6 is 31.9 Å². The van der Waals surface area contributed by atoms with Crippen molar-refractivity contribution in [2.45, 2.75) is 45.2 Å². The molecule has 1 fully saturated rings. The van der Waals surface area contributed by atoms with Crippen LogP contribution in [0, 0.1) is 5.92 Å². The van der Waals surface area contributed by atoms with Gasteiger partial charge in [0.25, 0.3) is 0 Å². The van der Waals surface area contributed by atoms with Gasteiger partial charge in [-0.05, 0) is 46.8 Å². The Kier molecular flexibility index (Phi) is 5.72. The van der Waals surface area contributed by atoms with Gasteiger partial charge in [0.05, 0.1) is 11.6 Å². The van der Waals surface area contributed by atoms with Crippen LogP contribution in [0.5, 0.6) is 5.75 Å². The predicted molar refractivity (Wildman–Crippen MR) is 86.7 cm³/mol. The van der Waals surface area contributed by atoms with Gasteiger partial charge in [-0.15, -0.1) is 0 Å². The molecule has 4 heteroatoms. The van der Waals surface area contributed by atoms with E-state index in [1.807, 2.05) is 6.07 Å². The Morgan fingerprint density at radius 3 is 2.68 bits per heavy atom.